The Balaban J connectivity index is 2.16. The predicted octanol–water partition coefficient (Wildman–Crippen LogP) is 4.55. The molecule has 0 radical (unpaired) electrons. The molecule has 0 aliphatic rings. The largest absolute Gasteiger partial charge is 0.508 e. The first-order valence-corrected chi connectivity index (χ1v) is 8.28. The van der Waals surface area contributed by atoms with Crippen LogP contribution in [0.5, 0.6) is 5.75 Å². The number of aromatic amines is 2. The smallest absolute Gasteiger partial charge is 0.273 e. The Kier molecular flexibility index (Phi) is 4.63. The maximum absolute atomic E-state index is 12.3. The number of fused-ring (bicyclic) bond motifs is 1. The lowest BCUT2D eigenvalue weighted by Crippen LogP contribution is -2.12. The Hall–Kier alpha value is -3.34. The summed E-state index contributed by atoms with van der Waals surface area (Å²) in [5.41, 5.74) is 5.27. The van der Waals surface area contributed by atoms with Crippen LogP contribution in [-0.2, 0) is 0 Å². The predicted molar refractivity (Wildman–Crippen MR) is 106 cm³/mol. The molecule has 3 aromatic rings. The molecule has 0 amide bonds. The first kappa shape index (κ1) is 17.5. The van der Waals surface area contributed by atoms with Gasteiger partial charge in [0.1, 0.15) is 5.75 Å². The number of phenols is 1. The number of rotatable bonds is 4. The van der Waals surface area contributed by atoms with Gasteiger partial charge in [0.2, 0.25) is 0 Å². The third kappa shape index (κ3) is 3.67. The second kappa shape index (κ2) is 6.88. The molecule has 0 unspecified atom stereocenters. The summed E-state index contributed by atoms with van der Waals surface area (Å²) >= 11 is 0. The van der Waals surface area contributed by atoms with E-state index >= 15 is 0 Å². The van der Waals surface area contributed by atoms with E-state index in [1.165, 1.54) is 0 Å². The van der Waals surface area contributed by atoms with Crippen molar-refractivity contribution in [2.75, 3.05) is 0 Å². The van der Waals surface area contributed by atoms with Crippen molar-refractivity contribution >= 4 is 16.5 Å². The van der Waals surface area contributed by atoms with E-state index in [2.05, 4.69) is 21.8 Å². The van der Waals surface area contributed by atoms with Gasteiger partial charge in [-0.3, -0.25) is 4.79 Å². The molecule has 0 fully saturated rings. The average molecular weight is 347 g/mol. The Morgan fingerprint density at radius 2 is 1.92 bits per heavy atom. The van der Waals surface area contributed by atoms with Crippen LogP contribution in [-0.4, -0.2) is 20.3 Å². The Labute approximate surface area is 151 Å². The molecule has 5 heteroatoms. The maximum Gasteiger partial charge on any atom is 0.273 e. The highest BCUT2D eigenvalue weighted by Crippen LogP contribution is 2.26. The molecular formula is C21H21N3O2. The highest BCUT2D eigenvalue weighted by molar-refractivity contribution is 5.87. The van der Waals surface area contributed by atoms with Crippen LogP contribution in [0, 0.1) is 0 Å². The van der Waals surface area contributed by atoms with Crippen LogP contribution in [0.4, 0.5) is 0 Å². The fourth-order valence-electron chi connectivity index (χ4n) is 2.78. The lowest BCUT2D eigenvalue weighted by atomic mass is 10.0. The number of aromatic nitrogens is 3. The van der Waals surface area contributed by atoms with Crippen molar-refractivity contribution in [1.29, 1.82) is 0 Å². The number of allylic oxidation sites excluding steroid dienone is 5. The van der Waals surface area contributed by atoms with Crippen LogP contribution < -0.4 is 5.56 Å². The lowest BCUT2D eigenvalue weighted by Gasteiger charge is -2.05. The Morgan fingerprint density at radius 1 is 1.15 bits per heavy atom. The van der Waals surface area contributed by atoms with E-state index in [0.29, 0.717) is 17.0 Å². The van der Waals surface area contributed by atoms with Crippen molar-refractivity contribution in [3.8, 4) is 17.0 Å². The van der Waals surface area contributed by atoms with E-state index in [9.17, 15) is 9.90 Å². The van der Waals surface area contributed by atoms with E-state index in [-0.39, 0.29) is 11.3 Å². The summed E-state index contributed by atoms with van der Waals surface area (Å²) in [6.07, 6.45) is 3.93. The zero-order valence-electron chi connectivity index (χ0n) is 15.1. The van der Waals surface area contributed by atoms with Gasteiger partial charge in [0.15, 0.2) is 0 Å². The number of benzene rings is 1. The minimum absolute atomic E-state index is 0.183. The van der Waals surface area contributed by atoms with Crippen molar-refractivity contribution in [2.24, 2.45) is 0 Å². The molecule has 3 rings (SSSR count). The molecule has 132 valence electrons. The molecule has 0 saturated heterocycles. The fourth-order valence-corrected chi connectivity index (χ4v) is 2.78. The number of nitrogens with one attached hydrogen (secondary N) is 2. The summed E-state index contributed by atoms with van der Waals surface area (Å²) in [4.78, 5) is 15.6. The molecule has 0 aliphatic heterocycles. The second-order valence-corrected chi connectivity index (χ2v) is 6.62. The number of hydrogen-bond acceptors (Lipinski definition) is 3. The molecule has 0 atom stereocenters. The highest BCUT2D eigenvalue weighted by Gasteiger charge is 2.11. The van der Waals surface area contributed by atoms with Crippen molar-refractivity contribution in [2.45, 2.75) is 20.8 Å². The molecule has 3 N–H and O–H groups in total. The van der Waals surface area contributed by atoms with Gasteiger partial charge in [0.05, 0.1) is 17.0 Å². The van der Waals surface area contributed by atoms with Crippen molar-refractivity contribution < 1.29 is 5.11 Å². The zero-order chi connectivity index (χ0) is 18.8. The molecule has 0 aliphatic carbocycles. The quantitative estimate of drug-likeness (QED) is 0.606. The van der Waals surface area contributed by atoms with Crippen molar-refractivity contribution in [3.63, 3.8) is 0 Å². The third-order valence-electron chi connectivity index (χ3n) is 3.84. The van der Waals surface area contributed by atoms with Crippen LogP contribution in [0.1, 0.15) is 26.5 Å². The molecule has 26 heavy (non-hydrogen) atoms. The van der Waals surface area contributed by atoms with Gasteiger partial charge in [0, 0.05) is 16.5 Å². The van der Waals surface area contributed by atoms with Gasteiger partial charge < -0.3 is 10.1 Å². The molecule has 5 nitrogen and oxygen atoms in total. The summed E-state index contributed by atoms with van der Waals surface area (Å²) in [5.74, 6) is 0.183. The molecule has 2 heterocycles. The second-order valence-electron chi connectivity index (χ2n) is 6.62. The zero-order valence-corrected chi connectivity index (χ0v) is 15.1. The standard InChI is InChI=1S/C21H21N3O2/c1-12(2)7-14(8-13(3)4)19-11-17(21(26)24-23-19)20-10-15-9-16(25)5-6-18(15)22-20/h5-11,22,25H,1H2,2-4H3,(H,24,26)/b14-7+. The normalized spacial score (nSPS) is 11.6. The summed E-state index contributed by atoms with van der Waals surface area (Å²) in [5, 5.41) is 17.2. The van der Waals surface area contributed by atoms with Crippen LogP contribution >= 0.6 is 0 Å². The van der Waals surface area contributed by atoms with E-state index in [4.69, 9.17) is 0 Å². The number of aromatic hydroxyl groups is 1. The fraction of sp³-hybridized carbons (Fsp3) is 0.143. The molecule has 0 saturated carbocycles. The van der Waals surface area contributed by atoms with Crippen LogP contribution in [0.15, 0.2) is 65.0 Å². The monoisotopic (exact) mass is 347 g/mol. The van der Waals surface area contributed by atoms with Crippen molar-refractivity contribution in [3.05, 3.63) is 76.3 Å². The van der Waals surface area contributed by atoms with Gasteiger partial charge in [-0.05, 0) is 51.1 Å². The molecule has 2 aromatic heterocycles. The minimum atomic E-state index is -0.281. The first-order valence-electron chi connectivity index (χ1n) is 8.28. The number of phenolic OH excluding ortho intramolecular Hbond substituents is 1. The summed E-state index contributed by atoms with van der Waals surface area (Å²) < 4.78 is 0. The van der Waals surface area contributed by atoms with E-state index in [0.717, 1.165) is 27.6 Å². The van der Waals surface area contributed by atoms with Crippen molar-refractivity contribution in [1.82, 2.24) is 15.2 Å². The summed E-state index contributed by atoms with van der Waals surface area (Å²) in [7, 11) is 0. The number of nitrogens with zero attached hydrogens (tertiary/aromatic N) is 1. The van der Waals surface area contributed by atoms with E-state index in [1.54, 1.807) is 24.3 Å². The topological polar surface area (TPSA) is 81.8 Å². The van der Waals surface area contributed by atoms with Gasteiger partial charge in [-0.2, -0.15) is 5.10 Å². The third-order valence-corrected chi connectivity index (χ3v) is 3.84. The Bertz CT molecular complexity index is 1110. The van der Waals surface area contributed by atoms with Gasteiger partial charge in [-0.15, -0.1) is 0 Å². The van der Waals surface area contributed by atoms with Gasteiger partial charge in [-0.25, -0.2) is 5.10 Å². The van der Waals surface area contributed by atoms with E-state index < -0.39 is 0 Å². The number of H-pyrrole nitrogens is 2. The van der Waals surface area contributed by atoms with Crippen LogP contribution in [0.25, 0.3) is 27.7 Å². The van der Waals surface area contributed by atoms with Gasteiger partial charge >= 0.3 is 0 Å². The lowest BCUT2D eigenvalue weighted by molar-refractivity contribution is 0.476. The molecule has 0 spiro atoms. The molecule has 1 aromatic carbocycles. The maximum atomic E-state index is 12.3. The summed E-state index contributed by atoms with van der Waals surface area (Å²) in [6, 6.07) is 8.64. The molecule has 0 bridgehead atoms. The number of hydrogen-bond donors (Lipinski definition) is 3. The van der Waals surface area contributed by atoms with Crippen LogP contribution in [0.2, 0.25) is 0 Å². The van der Waals surface area contributed by atoms with E-state index in [1.807, 2.05) is 39.0 Å². The average Bonchev–Trinajstić information content (AvgIpc) is 2.96. The SMILES string of the molecule is C=C(C)/C=C(\C=C(C)C)c1cc(-c2cc3cc(O)ccc3[nH]2)c(=O)[nH]n1. The first-order chi connectivity index (χ1) is 12.3. The summed E-state index contributed by atoms with van der Waals surface area (Å²) in [6.45, 7) is 9.85. The Morgan fingerprint density at radius 3 is 2.62 bits per heavy atom. The molecular weight excluding hydrogens is 326 g/mol. The van der Waals surface area contributed by atoms with Crippen LogP contribution in [0.3, 0.4) is 0 Å². The van der Waals surface area contributed by atoms with Gasteiger partial charge in [0.25, 0.3) is 5.56 Å². The minimum Gasteiger partial charge on any atom is -0.508 e. The van der Waals surface area contributed by atoms with Gasteiger partial charge in [-0.1, -0.05) is 29.9 Å². The highest BCUT2D eigenvalue weighted by atomic mass is 16.3.